The highest BCUT2D eigenvalue weighted by Gasteiger charge is 1.99. The first-order valence-corrected chi connectivity index (χ1v) is 3.00. The lowest BCUT2D eigenvalue weighted by atomic mass is 10.7. The molecule has 0 fully saturated rings. The highest BCUT2D eigenvalue weighted by molar-refractivity contribution is 5.74. The summed E-state index contributed by atoms with van der Waals surface area (Å²) in [6, 6.07) is 1.60. The number of carbonyl (C=O) groups is 1. The van der Waals surface area contributed by atoms with Gasteiger partial charge < -0.3 is 9.57 Å². The number of nitriles is 1. The second-order valence-corrected chi connectivity index (χ2v) is 1.44. The predicted molar refractivity (Wildman–Crippen MR) is 36.7 cm³/mol. The SMILES string of the molecule is CCOC(=O)CON=CC#N. The van der Waals surface area contributed by atoms with Gasteiger partial charge in [0, 0.05) is 0 Å². The minimum absolute atomic E-state index is 0.258. The third-order valence-corrected chi connectivity index (χ3v) is 0.673. The number of ether oxygens (including phenoxy) is 1. The van der Waals surface area contributed by atoms with Crippen molar-refractivity contribution in [1.29, 1.82) is 5.26 Å². The Morgan fingerprint density at radius 2 is 2.55 bits per heavy atom. The average Bonchev–Trinajstić information content (AvgIpc) is 1.99. The van der Waals surface area contributed by atoms with Crippen molar-refractivity contribution in [3.05, 3.63) is 0 Å². The quantitative estimate of drug-likeness (QED) is 0.328. The van der Waals surface area contributed by atoms with Crippen LogP contribution in [0.25, 0.3) is 0 Å². The van der Waals surface area contributed by atoms with Gasteiger partial charge in [0.2, 0.25) is 6.61 Å². The molecule has 0 aliphatic rings. The second-order valence-electron chi connectivity index (χ2n) is 1.44. The van der Waals surface area contributed by atoms with Crippen LogP contribution >= 0.6 is 0 Å². The van der Waals surface area contributed by atoms with Gasteiger partial charge in [0.15, 0.2) is 0 Å². The summed E-state index contributed by atoms with van der Waals surface area (Å²) in [5, 5.41) is 11.1. The van der Waals surface area contributed by atoms with E-state index in [1.807, 2.05) is 0 Å². The van der Waals surface area contributed by atoms with Crippen molar-refractivity contribution in [2.75, 3.05) is 13.2 Å². The van der Waals surface area contributed by atoms with E-state index in [-0.39, 0.29) is 6.61 Å². The monoisotopic (exact) mass is 156 g/mol. The summed E-state index contributed by atoms with van der Waals surface area (Å²) in [6.07, 6.45) is 0.888. The largest absolute Gasteiger partial charge is 0.463 e. The van der Waals surface area contributed by atoms with Gasteiger partial charge in [-0.25, -0.2) is 4.79 Å². The lowest BCUT2D eigenvalue weighted by Crippen LogP contribution is -2.10. The second kappa shape index (κ2) is 6.55. The molecule has 0 unspecified atom stereocenters. The zero-order chi connectivity index (χ0) is 8.53. The highest BCUT2D eigenvalue weighted by atomic mass is 16.6. The fourth-order valence-corrected chi connectivity index (χ4v) is 0.353. The molecule has 0 heterocycles. The van der Waals surface area contributed by atoms with E-state index < -0.39 is 5.97 Å². The first-order valence-electron chi connectivity index (χ1n) is 3.00. The van der Waals surface area contributed by atoms with E-state index in [1.54, 1.807) is 13.0 Å². The van der Waals surface area contributed by atoms with Gasteiger partial charge in [0.25, 0.3) is 0 Å². The number of oxime groups is 1. The molecular weight excluding hydrogens is 148 g/mol. The van der Waals surface area contributed by atoms with Gasteiger partial charge in [-0.2, -0.15) is 5.26 Å². The third kappa shape index (κ3) is 6.31. The van der Waals surface area contributed by atoms with Crippen molar-refractivity contribution in [3.8, 4) is 6.07 Å². The molecule has 60 valence electrons. The van der Waals surface area contributed by atoms with Crippen molar-refractivity contribution in [2.45, 2.75) is 6.92 Å². The zero-order valence-corrected chi connectivity index (χ0v) is 6.11. The summed E-state index contributed by atoms with van der Waals surface area (Å²) in [5.74, 6) is -0.498. The van der Waals surface area contributed by atoms with Gasteiger partial charge in [-0.15, -0.1) is 0 Å². The van der Waals surface area contributed by atoms with Crippen LogP contribution in [-0.2, 0) is 14.4 Å². The molecule has 0 rings (SSSR count). The van der Waals surface area contributed by atoms with Crippen LogP contribution in [-0.4, -0.2) is 25.4 Å². The van der Waals surface area contributed by atoms with E-state index >= 15 is 0 Å². The van der Waals surface area contributed by atoms with Gasteiger partial charge in [-0.05, 0) is 6.92 Å². The molecule has 5 nitrogen and oxygen atoms in total. The normalized spacial score (nSPS) is 9.09. The summed E-state index contributed by atoms with van der Waals surface area (Å²) in [4.78, 5) is 14.9. The van der Waals surface area contributed by atoms with Crippen molar-refractivity contribution in [1.82, 2.24) is 0 Å². The van der Waals surface area contributed by atoms with Crippen LogP contribution in [0.1, 0.15) is 6.92 Å². The number of rotatable bonds is 4. The fourth-order valence-electron chi connectivity index (χ4n) is 0.353. The Kier molecular flexibility index (Phi) is 5.61. The molecule has 0 saturated carbocycles. The molecule has 0 bridgehead atoms. The molecule has 0 atom stereocenters. The molecule has 5 heteroatoms. The Labute approximate surface area is 64.2 Å². The first kappa shape index (κ1) is 9.43. The van der Waals surface area contributed by atoms with Crippen molar-refractivity contribution in [2.24, 2.45) is 5.16 Å². The number of esters is 1. The summed E-state index contributed by atoms with van der Waals surface area (Å²) < 4.78 is 4.50. The minimum Gasteiger partial charge on any atom is -0.463 e. The molecule has 0 N–H and O–H groups in total. The van der Waals surface area contributed by atoms with Crippen molar-refractivity contribution >= 4 is 12.2 Å². The third-order valence-electron chi connectivity index (χ3n) is 0.673. The predicted octanol–water partition coefficient (Wildman–Crippen LogP) is 0.0755. The molecule has 0 radical (unpaired) electrons. The van der Waals surface area contributed by atoms with Crippen LogP contribution in [0, 0.1) is 11.3 Å². The maximum atomic E-state index is 10.5. The van der Waals surface area contributed by atoms with Crippen LogP contribution in [0.3, 0.4) is 0 Å². The van der Waals surface area contributed by atoms with Crippen LogP contribution in [0.5, 0.6) is 0 Å². The Balaban J connectivity index is 3.33. The fraction of sp³-hybridized carbons (Fsp3) is 0.500. The molecule has 11 heavy (non-hydrogen) atoms. The van der Waals surface area contributed by atoms with Gasteiger partial charge in [-0.3, -0.25) is 0 Å². The summed E-state index contributed by atoms with van der Waals surface area (Å²) >= 11 is 0. The maximum Gasteiger partial charge on any atom is 0.347 e. The standard InChI is InChI=1S/C6H8N2O3/c1-2-10-6(9)5-11-8-4-3-7/h4H,2,5H2,1H3. The van der Waals surface area contributed by atoms with Crippen molar-refractivity contribution < 1.29 is 14.4 Å². The van der Waals surface area contributed by atoms with Crippen molar-refractivity contribution in [3.63, 3.8) is 0 Å². The van der Waals surface area contributed by atoms with E-state index in [9.17, 15) is 4.79 Å². The maximum absolute atomic E-state index is 10.5. The Morgan fingerprint density at radius 1 is 1.82 bits per heavy atom. The summed E-state index contributed by atoms with van der Waals surface area (Å²) in [6.45, 7) is 1.74. The zero-order valence-electron chi connectivity index (χ0n) is 6.11. The average molecular weight is 156 g/mol. The van der Waals surface area contributed by atoms with E-state index in [0.717, 1.165) is 6.21 Å². The lowest BCUT2D eigenvalue weighted by Gasteiger charge is -1.97. The number of hydrogen-bond acceptors (Lipinski definition) is 5. The topological polar surface area (TPSA) is 71.7 Å². The van der Waals surface area contributed by atoms with E-state index in [0.29, 0.717) is 6.61 Å². The van der Waals surface area contributed by atoms with Crippen LogP contribution in [0.2, 0.25) is 0 Å². The molecule has 0 amide bonds. The van der Waals surface area contributed by atoms with E-state index in [2.05, 4.69) is 14.7 Å². The molecule has 0 aromatic heterocycles. The molecular formula is C6H8N2O3. The Bertz CT molecular complexity index is 183. The van der Waals surface area contributed by atoms with E-state index in [1.165, 1.54) is 0 Å². The highest BCUT2D eigenvalue weighted by Crippen LogP contribution is 1.80. The smallest absolute Gasteiger partial charge is 0.347 e. The summed E-state index contributed by atoms with van der Waals surface area (Å²) in [5.41, 5.74) is 0. The minimum atomic E-state index is -0.498. The lowest BCUT2D eigenvalue weighted by molar-refractivity contribution is -0.148. The number of nitrogens with zero attached hydrogens (tertiary/aromatic N) is 2. The van der Waals surface area contributed by atoms with Gasteiger partial charge in [0.1, 0.15) is 12.3 Å². The molecule has 0 aliphatic heterocycles. The molecule has 0 aliphatic carbocycles. The number of hydrogen-bond donors (Lipinski definition) is 0. The molecule has 0 aromatic carbocycles. The van der Waals surface area contributed by atoms with Gasteiger partial charge >= 0.3 is 5.97 Å². The van der Waals surface area contributed by atoms with Gasteiger partial charge in [-0.1, -0.05) is 5.16 Å². The first-order chi connectivity index (χ1) is 5.31. The number of carbonyl (C=O) groups excluding carboxylic acids is 1. The Morgan fingerprint density at radius 3 is 3.09 bits per heavy atom. The molecule has 0 aromatic rings. The van der Waals surface area contributed by atoms with Crippen LogP contribution in [0.15, 0.2) is 5.16 Å². The van der Waals surface area contributed by atoms with Crippen LogP contribution < -0.4 is 0 Å². The van der Waals surface area contributed by atoms with Crippen LogP contribution in [0.4, 0.5) is 0 Å². The summed E-state index contributed by atoms with van der Waals surface area (Å²) in [7, 11) is 0. The Hall–Kier alpha value is -1.57. The molecule has 0 saturated heterocycles. The van der Waals surface area contributed by atoms with Gasteiger partial charge in [0.05, 0.1) is 6.61 Å². The van der Waals surface area contributed by atoms with E-state index in [4.69, 9.17) is 5.26 Å². The molecule has 0 spiro atoms.